The molecule has 0 unspecified atom stereocenters. The van der Waals surface area contributed by atoms with Crippen LogP contribution < -0.4 is 4.90 Å². The molecule has 2 saturated heterocycles. The molecular weight excluding hydrogens is 328 g/mol. The van der Waals surface area contributed by atoms with Gasteiger partial charge in [-0.3, -0.25) is 4.79 Å². The lowest BCUT2D eigenvalue weighted by Gasteiger charge is -2.40. The highest BCUT2D eigenvalue weighted by Crippen LogP contribution is 2.34. The molecule has 142 valence electrons. The Hall–Kier alpha value is -1.69. The molecule has 3 aliphatic rings. The smallest absolute Gasteiger partial charge is 0.225 e. The lowest BCUT2D eigenvalue weighted by atomic mass is 9.86. The molecule has 2 aliphatic heterocycles. The molecule has 6 nitrogen and oxygen atoms in total. The summed E-state index contributed by atoms with van der Waals surface area (Å²) < 4.78 is 6.28. The van der Waals surface area contributed by atoms with E-state index in [-0.39, 0.29) is 11.5 Å². The Morgan fingerprint density at radius 1 is 1.08 bits per heavy atom. The van der Waals surface area contributed by atoms with E-state index in [2.05, 4.69) is 19.8 Å². The monoisotopic (exact) mass is 358 g/mol. The van der Waals surface area contributed by atoms with E-state index in [0.717, 1.165) is 45.0 Å². The third kappa shape index (κ3) is 4.00. The van der Waals surface area contributed by atoms with E-state index in [1.807, 2.05) is 6.07 Å². The van der Waals surface area contributed by atoms with E-state index in [4.69, 9.17) is 4.74 Å². The summed E-state index contributed by atoms with van der Waals surface area (Å²) >= 11 is 0. The van der Waals surface area contributed by atoms with E-state index in [1.165, 1.54) is 32.1 Å². The second-order valence-corrected chi connectivity index (χ2v) is 8.09. The maximum Gasteiger partial charge on any atom is 0.225 e. The third-order valence-electron chi connectivity index (χ3n) is 6.31. The van der Waals surface area contributed by atoms with Crippen molar-refractivity contribution in [3.63, 3.8) is 0 Å². The first-order valence-corrected chi connectivity index (χ1v) is 10.2. The summed E-state index contributed by atoms with van der Waals surface area (Å²) in [6, 6.07) is 1.84. The fourth-order valence-corrected chi connectivity index (χ4v) is 4.70. The predicted octanol–water partition coefficient (Wildman–Crippen LogP) is 2.64. The fraction of sp³-hybridized carbons (Fsp3) is 0.750. The van der Waals surface area contributed by atoms with Gasteiger partial charge in [0, 0.05) is 38.6 Å². The van der Waals surface area contributed by atoms with Crippen LogP contribution in [0.1, 0.15) is 51.4 Å². The molecule has 3 heterocycles. The van der Waals surface area contributed by atoms with Crippen molar-refractivity contribution < 1.29 is 9.53 Å². The minimum atomic E-state index is -0.288. The summed E-state index contributed by atoms with van der Waals surface area (Å²) in [5, 5.41) is 0. The second kappa shape index (κ2) is 7.91. The zero-order valence-corrected chi connectivity index (χ0v) is 15.6. The fourth-order valence-electron chi connectivity index (χ4n) is 4.70. The van der Waals surface area contributed by atoms with Gasteiger partial charge in [-0.25, -0.2) is 9.97 Å². The Kier molecular flexibility index (Phi) is 5.38. The molecule has 0 radical (unpaired) electrons. The Balaban J connectivity index is 1.34. The number of carbonyl (C=O) groups excluding carboxylic acids is 1. The molecule has 1 amide bonds. The lowest BCUT2D eigenvalue weighted by molar-refractivity contribution is -0.134. The molecule has 6 heteroatoms. The molecule has 3 fully saturated rings. The van der Waals surface area contributed by atoms with Crippen LogP contribution in [-0.4, -0.2) is 59.2 Å². The van der Waals surface area contributed by atoms with Crippen molar-refractivity contribution in [2.24, 2.45) is 5.92 Å². The van der Waals surface area contributed by atoms with Crippen LogP contribution in [0.3, 0.4) is 0 Å². The summed E-state index contributed by atoms with van der Waals surface area (Å²) in [6.45, 7) is 4.05. The van der Waals surface area contributed by atoms with Crippen LogP contribution in [-0.2, 0) is 9.53 Å². The normalized spacial score (nSPS) is 24.7. The maximum absolute atomic E-state index is 12.9. The van der Waals surface area contributed by atoms with E-state index in [0.29, 0.717) is 18.9 Å². The number of aromatic nitrogens is 2. The van der Waals surface area contributed by atoms with Crippen molar-refractivity contribution >= 4 is 11.9 Å². The van der Waals surface area contributed by atoms with Gasteiger partial charge in [-0.15, -0.1) is 0 Å². The van der Waals surface area contributed by atoms with E-state index < -0.39 is 0 Å². The van der Waals surface area contributed by atoms with E-state index >= 15 is 0 Å². The van der Waals surface area contributed by atoms with Gasteiger partial charge in [0.25, 0.3) is 0 Å². The number of anilines is 1. The number of amides is 1. The first kappa shape index (κ1) is 17.7. The molecule has 26 heavy (non-hydrogen) atoms. The largest absolute Gasteiger partial charge is 0.372 e. The van der Waals surface area contributed by atoms with Crippen LogP contribution in [0.15, 0.2) is 18.5 Å². The van der Waals surface area contributed by atoms with Gasteiger partial charge in [0.1, 0.15) is 0 Å². The zero-order valence-electron chi connectivity index (χ0n) is 15.6. The molecule has 0 bridgehead atoms. The summed E-state index contributed by atoms with van der Waals surface area (Å²) in [5.41, 5.74) is -0.288. The van der Waals surface area contributed by atoms with Crippen molar-refractivity contribution in [3.8, 4) is 0 Å². The van der Waals surface area contributed by atoms with Crippen molar-refractivity contribution in [1.29, 1.82) is 0 Å². The molecule has 1 spiro atoms. The Morgan fingerprint density at radius 2 is 1.81 bits per heavy atom. The minimum Gasteiger partial charge on any atom is -0.372 e. The van der Waals surface area contributed by atoms with Gasteiger partial charge in [-0.2, -0.15) is 0 Å². The van der Waals surface area contributed by atoms with Crippen molar-refractivity contribution in [3.05, 3.63) is 18.5 Å². The second-order valence-electron chi connectivity index (χ2n) is 8.09. The first-order valence-electron chi connectivity index (χ1n) is 10.2. The van der Waals surface area contributed by atoms with Crippen LogP contribution in [0.4, 0.5) is 5.95 Å². The Labute approximate surface area is 155 Å². The predicted molar refractivity (Wildman–Crippen MR) is 99.9 cm³/mol. The van der Waals surface area contributed by atoms with Gasteiger partial charge < -0.3 is 14.5 Å². The van der Waals surface area contributed by atoms with Gasteiger partial charge in [0.15, 0.2) is 0 Å². The van der Waals surface area contributed by atoms with Gasteiger partial charge in [-0.1, -0.05) is 19.3 Å². The van der Waals surface area contributed by atoms with Gasteiger partial charge in [0.05, 0.1) is 18.6 Å². The van der Waals surface area contributed by atoms with Crippen LogP contribution in [0.25, 0.3) is 0 Å². The van der Waals surface area contributed by atoms with Crippen LogP contribution >= 0.6 is 0 Å². The Morgan fingerprint density at radius 3 is 2.54 bits per heavy atom. The topological polar surface area (TPSA) is 58.6 Å². The number of piperidine rings is 1. The number of rotatable bonds is 3. The van der Waals surface area contributed by atoms with Gasteiger partial charge >= 0.3 is 0 Å². The van der Waals surface area contributed by atoms with E-state index in [9.17, 15) is 4.79 Å². The summed E-state index contributed by atoms with van der Waals surface area (Å²) in [6.07, 6.45) is 12.4. The minimum absolute atomic E-state index is 0.288. The number of carbonyl (C=O) groups is 1. The molecule has 0 atom stereocenters. The van der Waals surface area contributed by atoms with Crippen LogP contribution in [0.5, 0.6) is 0 Å². The lowest BCUT2D eigenvalue weighted by Crippen LogP contribution is -2.48. The highest BCUT2D eigenvalue weighted by Gasteiger charge is 2.41. The van der Waals surface area contributed by atoms with Crippen molar-refractivity contribution in [1.82, 2.24) is 14.9 Å². The van der Waals surface area contributed by atoms with Crippen LogP contribution in [0, 0.1) is 5.92 Å². The van der Waals surface area contributed by atoms with Gasteiger partial charge in [-0.05, 0) is 37.7 Å². The summed E-state index contributed by atoms with van der Waals surface area (Å²) in [7, 11) is 0. The van der Waals surface area contributed by atoms with Crippen molar-refractivity contribution in [2.45, 2.75) is 57.0 Å². The Bertz CT molecular complexity index is 595. The molecule has 1 saturated carbocycles. The summed E-state index contributed by atoms with van der Waals surface area (Å²) in [5.74, 6) is 1.76. The molecule has 1 aliphatic carbocycles. The van der Waals surface area contributed by atoms with Gasteiger partial charge in [0.2, 0.25) is 11.9 Å². The average Bonchev–Trinajstić information content (AvgIpc) is 2.83. The van der Waals surface area contributed by atoms with Crippen molar-refractivity contribution in [2.75, 3.05) is 37.7 Å². The standard InChI is InChI=1S/C20H30N4O2/c25-18-15-20(7-11-23(12-8-20)19-21-9-4-10-22-19)26-14-13-24(18)16-17-5-2-1-3-6-17/h4,9-10,17H,1-3,5-8,11-16H2. The highest BCUT2D eigenvalue weighted by molar-refractivity contribution is 5.77. The maximum atomic E-state index is 12.9. The molecular formula is C20H30N4O2. The third-order valence-corrected chi connectivity index (χ3v) is 6.31. The highest BCUT2D eigenvalue weighted by atomic mass is 16.5. The number of hydrogen-bond donors (Lipinski definition) is 0. The van der Waals surface area contributed by atoms with E-state index in [1.54, 1.807) is 12.4 Å². The number of hydrogen-bond acceptors (Lipinski definition) is 5. The SMILES string of the molecule is O=C1CC2(CCN(c3ncccn3)CC2)OCCN1CC1CCCCC1. The molecule has 0 N–H and O–H groups in total. The molecule has 0 aromatic carbocycles. The number of ether oxygens (including phenoxy) is 1. The first-order chi connectivity index (χ1) is 12.7. The van der Waals surface area contributed by atoms with Crippen LogP contribution in [0.2, 0.25) is 0 Å². The summed E-state index contributed by atoms with van der Waals surface area (Å²) in [4.78, 5) is 25.9. The molecule has 1 aromatic rings. The average molecular weight is 358 g/mol. The molecule has 4 rings (SSSR count). The zero-order chi connectivity index (χ0) is 17.8. The number of nitrogens with zero attached hydrogens (tertiary/aromatic N) is 4. The molecule has 1 aromatic heterocycles. The quantitative estimate of drug-likeness (QED) is 0.831.